The average Bonchev–Trinajstić information content (AvgIpc) is 3.25. The first-order chi connectivity index (χ1) is 29.8. The summed E-state index contributed by atoms with van der Waals surface area (Å²) in [7, 11) is -4.39. The van der Waals surface area contributed by atoms with Gasteiger partial charge in [0.25, 0.3) is 0 Å². The Labute approximate surface area is 373 Å². The predicted molar refractivity (Wildman–Crippen MR) is 256 cm³/mol. The maximum Gasteiger partial charge on any atom is 0.472 e. The Hall–Kier alpha value is -2.81. The number of unbranched alkanes of at least 4 members (excludes halogenated alkanes) is 17. The van der Waals surface area contributed by atoms with Gasteiger partial charge in [0, 0.05) is 19.4 Å². The normalized spacial score (nSPS) is 14.0. The number of phosphoric acid groups is 1. The second-order valence-electron chi connectivity index (χ2n) is 15.6. The van der Waals surface area contributed by atoms with Crippen molar-refractivity contribution >= 4 is 19.8 Å². The fraction of sp³-hybridized carbons (Fsp3) is 0.686. The number of phosphoric ester groups is 1. The summed E-state index contributed by atoms with van der Waals surface area (Å²) in [5.41, 5.74) is 5.36. The number of ether oxygens (including phenoxy) is 2. The predicted octanol–water partition coefficient (Wildman–Crippen LogP) is 14.4. The monoisotopic (exact) mass is 874 g/mol. The van der Waals surface area contributed by atoms with E-state index in [0.29, 0.717) is 6.42 Å². The van der Waals surface area contributed by atoms with Crippen molar-refractivity contribution in [3.63, 3.8) is 0 Å². The molecular formula is C51H88NO8P. The molecule has 0 heterocycles. The molecule has 9 nitrogen and oxygen atoms in total. The molecule has 0 aromatic heterocycles. The van der Waals surface area contributed by atoms with Gasteiger partial charge in [0.05, 0.1) is 13.2 Å². The van der Waals surface area contributed by atoms with E-state index < -0.39 is 32.5 Å². The Morgan fingerprint density at radius 1 is 0.508 bits per heavy atom. The third-order valence-corrected chi connectivity index (χ3v) is 10.7. The molecule has 0 amide bonds. The first-order valence-corrected chi connectivity index (χ1v) is 25.6. The zero-order valence-corrected chi connectivity index (χ0v) is 39.5. The Morgan fingerprint density at radius 2 is 0.902 bits per heavy atom. The van der Waals surface area contributed by atoms with Gasteiger partial charge in [-0.1, -0.05) is 176 Å². The zero-order chi connectivity index (χ0) is 44.6. The Balaban J connectivity index is 4.14. The van der Waals surface area contributed by atoms with Gasteiger partial charge in [0.15, 0.2) is 6.10 Å². The maximum atomic E-state index is 12.6. The lowest BCUT2D eigenvalue weighted by Crippen LogP contribution is -2.29. The Kier molecular flexibility index (Phi) is 44.5. The third-order valence-electron chi connectivity index (χ3n) is 9.77. The Bertz CT molecular complexity index is 1270. The molecule has 350 valence electrons. The van der Waals surface area contributed by atoms with Crippen LogP contribution in [0, 0.1) is 0 Å². The van der Waals surface area contributed by atoms with Crippen molar-refractivity contribution < 1.29 is 37.6 Å². The van der Waals surface area contributed by atoms with Gasteiger partial charge >= 0.3 is 19.8 Å². The minimum absolute atomic E-state index is 0.0458. The third kappa shape index (κ3) is 46.5. The molecular weight excluding hydrogens is 786 g/mol. The molecule has 0 aliphatic heterocycles. The van der Waals surface area contributed by atoms with Crippen LogP contribution >= 0.6 is 7.82 Å². The minimum Gasteiger partial charge on any atom is -0.462 e. The van der Waals surface area contributed by atoms with Crippen molar-refractivity contribution in [1.29, 1.82) is 0 Å². The van der Waals surface area contributed by atoms with Gasteiger partial charge in [-0.3, -0.25) is 18.6 Å². The Morgan fingerprint density at radius 3 is 1.34 bits per heavy atom. The van der Waals surface area contributed by atoms with E-state index in [1.165, 1.54) is 64.2 Å². The minimum atomic E-state index is -4.39. The molecule has 2 atom stereocenters. The van der Waals surface area contributed by atoms with Gasteiger partial charge < -0.3 is 20.1 Å². The number of esters is 2. The number of nitrogens with two attached hydrogens (primary N) is 1. The fourth-order valence-electron chi connectivity index (χ4n) is 6.22. The molecule has 0 radical (unpaired) electrons. The highest BCUT2D eigenvalue weighted by molar-refractivity contribution is 7.47. The molecule has 0 saturated heterocycles. The van der Waals surface area contributed by atoms with Gasteiger partial charge in [-0.15, -0.1) is 0 Å². The quantitative estimate of drug-likeness (QED) is 0.0265. The summed E-state index contributed by atoms with van der Waals surface area (Å²) in [5.74, 6) is -0.855. The highest BCUT2D eigenvalue weighted by Gasteiger charge is 2.26. The summed E-state index contributed by atoms with van der Waals surface area (Å²) in [5, 5.41) is 0. The van der Waals surface area contributed by atoms with Crippen LogP contribution in [-0.4, -0.2) is 49.3 Å². The van der Waals surface area contributed by atoms with Crippen molar-refractivity contribution in [3.8, 4) is 0 Å². The van der Waals surface area contributed by atoms with Crippen molar-refractivity contribution in [2.45, 2.75) is 200 Å². The topological polar surface area (TPSA) is 134 Å². The SMILES string of the molecule is CC/C=C\C/C=C\C/C=C\C/C=C\C/C=C\CCCCCCCCCC(=O)OC(COC(=O)CCCCCCCCC/C=C\C/C=C\CCCCC)COP(=O)(O)OCCN. The standard InChI is InChI=1S/C51H88NO8P/c1-3-5-7-9-11-13-15-17-19-21-22-23-24-25-26-28-30-32-34-36-38-40-42-44-51(54)60-49(48-59-61(55,56)58-46-45-52)47-57-50(53)43-41-39-37-35-33-31-29-27-20-18-16-14-12-10-8-6-4-2/h5,7,11-14,17-20,22-23,25-26,49H,3-4,6,8-10,15-16,21,24,27-48,52H2,1-2H3,(H,55,56)/b7-5-,13-11-,14-12-,19-17-,20-18-,23-22-,26-25-. The van der Waals surface area contributed by atoms with E-state index in [-0.39, 0.29) is 32.6 Å². The van der Waals surface area contributed by atoms with Gasteiger partial charge in [-0.05, 0) is 89.9 Å². The van der Waals surface area contributed by atoms with E-state index in [0.717, 1.165) is 96.3 Å². The van der Waals surface area contributed by atoms with E-state index >= 15 is 0 Å². The molecule has 61 heavy (non-hydrogen) atoms. The van der Waals surface area contributed by atoms with Gasteiger partial charge in [-0.25, -0.2) is 4.57 Å². The summed E-state index contributed by atoms with van der Waals surface area (Å²) < 4.78 is 32.9. The molecule has 0 aliphatic carbocycles. The molecule has 0 aromatic rings. The van der Waals surface area contributed by atoms with Crippen LogP contribution in [0.15, 0.2) is 85.1 Å². The molecule has 0 aromatic carbocycles. The highest BCUT2D eigenvalue weighted by Crippen LogP contribution is 2.43. The van der Waals surface area contributed by atoms with Crippen LogP contribution in [-0.2, 0) is 32.7 Å². The molecule has 0 rings (SSSR count). The zero-order valence-electron chi connectivity index (χ0n) is 38.6. The molecule has 0 saturated carbocycles. The average molecular weight is 874 g/mol. The van der Waals surface area contributed by atoms with E-state index in [1.54, 1.807) is 0 Å². The van der Waals surface area contributed by atoms with Crippen molar-refractivity contribution in [1.82, 2.24) is 0 Å². The number of carbonyl (C=O) groups is 2. The maximum absolute atomic E-state index is 12.6. The van der Waals surface area contributed by atoms with E-state index in [9.17, 15) is 19.0 Å². The second-order valence-corrected chi connectivity index (χ2v) is 17.0. The smallest absolute Gasteiger partial charge is 0.462 e. The number of rotatable bonds is 44. The molecule has 0 aliphatic rings. The second kappa shape index (κ2) is 46.7. The van der Waals surface area contributed by atoms with Crippen LogP contribution in [0.1, 0.15) is 194 Å². The number of allylic oxidation sites excluding steroid dienone is 14. The summed E-state index contributed by atoms with van der Waals surface area (Å²) in [4.78, 5) is 35.0. The summed E-state index contributed by atoms with van der Waals surface area (Å²) in [6.07, 6.45) is 58.9. The van der Waals surface area contributed by atoms with E-state index in [2.05, 4.69) is 98.9 Å². The summed E-state index contributed by atoms with van der Waals surface area (Å²) in [6, 6.07) is 0. The number of carbonyl (C=O) groups excluding carboxylic acids is 2. The lowest BCUT2D eigenvalue weighted by atomic mass is 10.1. The first-order valence-electron chi connectivity index (χ1n) is 24.1. The number of hydrogen-bond donors (Lipinski definition) is 2. The van der Waals surface area contributed by atoms with E-state index in [1.807, 2.05) is 0 Å². The van der Waals surface area contributed by atoms with Crippen LogP contribution in [0.5, 0.6) is 0 Å². The van der Waals surface area contributed by atoms with Crippen LogP contribution < -0.4 is 5.73 Å². The molecule has 10 heteroatoms. The largest absolute Gasteiger partial charge is 0.472 e. The van der Waals surface area contributed by atoms with Gasteiger partial charge in [-0.2, -0.15) is 0 Å². The van der Waals surface area contributed by atoms with Crippen molar-refractivity contribution in [3.05, 3.63) is 85.1 Å². The summed E-state index contributed by atoms with van der Waals surface area (Å²) in [6.45, 7) is 3.57. The number of hydrogen-bond acceptors (Lipinski definition) is 8. The van der Waals surface area contributed by atoms with Crippen LogP contribution in [0.3, 0.4) is 0 Å². The first kappa shape index (κ1) is 58.2. The van der Waals surface area contributed by atoms with Crippen molar-refractivity contribution in [2.24, 2.45) is 5.73 Å². The fourth-order valence-corrected chi connectivity index (χ4v) is 6.99. The van der Waals surface area contributed by atoms with Gasteiger partial charge in [0.2, 0.25) is 0 Å². The molecule has 0 spiro atoms. The van der Waals surface area contributed by atoms with Crippen LogP contribution in [0.4, 0.5) is 0 Å². The van der Waals surface area contributed by atoms with E-state index in [4.69, 9.17) is 24.3 Å². The highest BCUT2D eigenvalue weighted by atomic mass is 31.2. The lowest BCUT2D eigenvalue weighted by Gasteiger charge is -2.19. The molecule has 3 N–H and O–H groups in total. The summed E-state index contributed by atoms with van der Waals surface area (Å²) >= 11 is 0. The van der Waals surface area contributed by atoms with Crippen molar-refractivity contribution in [2.75, 3.05) is 26.4 Å². The lowest BCUT2D eigenvalue weighted by molar-refractivity contribution is -0.161. The van der Waals surface area contributed by atoms with Gasteiger partial charge in [0.1, 0.15) is 6.61 Å². The van der Waals surface area contributed by atoms with Crippen LogP contribution in [0.25, 0.3) is 0 Å². The molecule has 0 fully saturated rings. The van der Waals surface area contributed by atoms with Crippen LogP contribution in [0.2, 0.25) is 0 Å². The molecule has 2 unspecified atom stereocenters. The molecule has 0 bridgehead atoms.